The summed E-state index contributed by atoms with van der Waals surface area (Å²) in [6.45, 7) is 0.515. The molecule has 1 aliphatic rings. The average molecular weight is 212 g/mol. The van der Waals surface area contributed by atoms with Gasteiger partial charge in [0.25, 0.3) is 4.38 Å². The predicted molar refractivity (Wildman–Crippen MR) is 44.7 cm³/mol. The first-order valence-corrected chi connectivity index (χ1v) is 5.28. The van der Waals surface area contributed by atoms with Gasteiger partial charge in [0.1, 0.15) is 0 Å². The van der Waals surface area contributed by atoms with Gasteiger partial charge in [-0.25, -0.2) is 0 Å². The zero-order chi connectivity index (χ0) is 9.03. The van der Waals surface area contributed by atoms with E-state index < -0.39 is 10.1 Å². The first-order chi connectivity index (χ1) is 5.67. The summed E-state index contributed by atoms with van der Waals surface area (Å²) in [5.41, 5.74) is 0. The molecule has 1 rings (SSSR count). The predicted octanol–water partition coefficient (Wildman–Crippen LogP) is -0.369. The van der Waals surface area contributed by atoms with E-state index in [2.05, 4.69) is 9.28 Å². The van der Waals surface area contributed by atoms with Crippen molar-refractivity contribution in [3.8, 4) is 0 Å². The minimum atomic E-state index is -3.77. The van der Waals surface area contributed by atoms with Crippen molar-refractivity contribution < 1.29 is 16.8 Å². The lowest BCUT2D eigenvalue weighted by molar-refractivity contribution is 0.272. The Morgan fingerprint density at radius 1 is 1.50 bits per heavy atom. The number of hydrogen-bond donors (Lipinski definition) is 1. The Morgan fingerprint density at radius 2 is 2.25 bits per heavy atom. The van der Waals surface area contributed by atoms with Crippen molar-refractivity contribution in [3.05, 3.63) is 0 Å². The van der Waals surface area contributed by atoms with E-state index in [9.17, 15) is 8.42 Å². The first kappa shape index (κ1) is 9.78. The Morgan fingerprint density at radius 3 is 2.92 bits per heavy atom. The van der Waals surface area contributed by atoms with E-state index >= 15 is 0 Å². The molecule has 0 bridgehead atoms. The van der Waals surface area contributed by atoms with Gasteiger partial charge in [-0.05, 0) is 6.42 Å². The summed E-state index contributed by atoms with van der Waals surface area (Å²) in [6, 6.07) is 0. The Labute approximate surface area is 74.4 Å². The van der Waals surface area contributed by atoms with Crippen molar-refractivity contribution >= 4 is 26.5 Å². The fourth-order valence-electron chi connectivity index (χ4n) is 0.557. The Balaban J connectivity index is 2.80. The first-order valence-electron chi connectivity index (χ1n) is 3.13. The molecule has 1 heterocycles. The van der Waals surface area contributed by atoms with Gasteiger partial charge in [0.15, 0.2) is 0 Å². The quantitative estimate of drug-likeness (QED) is 0.255. The maximum atomic E-state index is 11.1. The lowest BCUT2D eigenvalue weighted by atomic mass is 10.5. The molecule has 6 nitrogen and oxygen atoms in total. The standard InChI is InChI=1S/C4H8N2O4S2/c5-6-4-11-9-2-1-3-10-12(4,7)8/h1-3,5H2. The number of hydrogen-bond acceptors (Lipinski definition) is 7. The topological polar surface area (TPSA) is 91.0 Å². The van der Waals surface area contributed by atoms with Gasteiger partial charge in [-0.3, -0.25) is 4.18 Å². The van der Waals surface area contributed by atoms with Gasteiger partial charge < -0.3 is 10.0 Å². The molecule has 0 spiro atoms. The Hall–Kier alpha value is -0.310. The summed E-state index contributed by atoms with van der Waals surface area (Å²) in [7, 11) is -3.77. The van der Waals surface area contributed by atoms with Gasteiger partial charge in [-0.1, -0.05) is 0 Å². The van der Waals surface area contributed by atoms with E-state index in [0.29, 0.717) is 25.1 Å². The molecule has 2 N–H and O–H groups in total. The largest absolute Gasteiger partial charge is 0.324 e. The maximum absolute atomic E-state index is 11.1. The zero-order valence-electron chi connectivity index (χ0n) is 6.10. The Bertz CT molecular complexity index is 273. The van der Waals surface area contributed by atoms with Crippen molar-refractivity contribution in [2.24, 2.45) is 10.9 Å². The summed E-state index contributed by atoms with van der Waals surface area (Å²) in [5, 5.41) is 3.04. The van der Waals surface area contributed by atoms with Crippen LogP contribution in [0, 0.1) is 0 Å². The third-order valence-electron chi connectivity index (χ3n) is 1.06. The second-order valence-electron chi connectivity index (χ2n) is 1.93. The van der Waals surface area contributed by atoms with Crippen LogP contribution in [0.4, 0.5) is 0 Å². The third kappa shape index (κ3) is 2.34. The van der Waals surface area contributed by atoms with Crippen molar-refractivity contribution in [2.75, 3.05) is 13.2 Å². The number of rotatable bonds is 0. The fourth-order valence-corrected chi connectivity index (χ4v) is 2.09. The molecule has 0 aromatic heterocycles. The second-order valence-corrected chi connectivity index (χ2v) is 4.51. The molecular weight excluding hydrogens is 204 g/mol. The van der Waals surface area contributed by atoms with Crippen LogP contribution >= 0.6 is 12.0 Å². The summed E-state index contributed by atoms with van der Waals surface area (Å²) in [6.07, 6.45) is 0.532. The SMILES string of the molecule is NN=C1SOCCCOS1(=O)=O. The van der Waals surface area contributed by atoms with Crippen LogP contribution in [0.5, 0.6) is 0 Å². The highest BCUT2D eigenvalue weighted by atomic mass is 32.3. The van der Waals surface area contributed by atoms with Crippen molar-refractivity contribution in [1.82, 2.24) is 0 Å². The lowest BCUT2D eigenvalue weighted by Gasteiger charge is -2.10. The highest BCUT2D eigenvalue weighted by Crippen LogP contribution is 2.16. The Kier molecular flexibility index (Phi) is 3.32. The van der Waals surface area contributed by atoms with Crippen LogP contribution in [-0.4, -0.2) is 26.0 Å². The third-order valence-corrected chi connectivity index (χ3v) is 3.42. The van der Waals surface area contributed by atoms with E-state index in [4.69, 9.17) is 10.0 Å². The van der Waals surface area contributed by atoms with Gasteiger partial charge in [0, 0.05) is 0 Å². The van der Waals surface area contributed by atoms with E-state index in [-0.39, 0.29) is 11.0 Å². The number of hydrazone groups is 1. The van der Waals surface area contributed by atoms with E-state index in [1.165, 1.54) is 0 Å². The minimum absolute atomic E-state index is 0.0991. The van der Waals surface area contributed by atoms with Crippen LogP contribution in [-0.2, 0) is 18.5 Å². The highest BCUT2D eigenvalue weighted by Gasteiger charge is 2.24. The van der Waals surface area contributed by atoms with Gasteiger partial charge in [-0.2, -0.15) is 13.5 Å². The monoisotopic (exact) mass is 212 g/mol. The molecule has 12 heavy (non-hydrogen) atoms. The molecule has 0 radical (unpaired) electrons. The fraction of sp³-hybridized carbons (Fsp3) is 0.750. The smallest absolute Gasteiger partial charge is 0.321 e. The normalized spacial score (nSPS) is 27.8. The van der Waals surface area contributed by atoms with Crippen LogP contribution in [0.15, 0.2) is 5.10 Å². The van der Waals surface area contributed by atoms with Crippen molar-refractivity contribution in [2.45, 2.75) is 6.42 Å². The average Bonchev–Trinajstić information content (AvgIpc) is 1.99. The van der Waals surface area contributed by atoms with Crippen LogP contribution in [0.25, 0.3) is 0 Å². The van der Waals surface area contributed by atoms with E-state index in [1.807, 2.05) is 0 Å². The highest BCUT2D eigenvalue weighted by molar-refractivity contribution is 8.31. The summed E-state index contributed by atoms with van der Waals surface area (Å²) in [5.74, 6) is 4.83. The van der Waals surface area contributed by atoms with Crippen LogP contribution in [0.1, 0.15) is 6.42 Å². The molecule has 8 heteroatoms. The molecule has 1 fully saturated rings. The molecular formula is C4H8N2O4S2. The van der Waals surface area contributed by atoms with Gasteiger partial charge in [0.05, 0.1) is 25.3 Å². The molecule has 0 atom stereocenters. The molecule has 0 aromatic carbocycles. The minimum Gasteiger partial charge on any atom is -0.321 e. The van der Waals surface area contributed by atoms with Crippen molar-refractivity contribution in [1.29, 1.82) is 0 Å². The van der Waals surface area contributed by atoms with E-state index in [1.54, 1.807) is 0 Å². The van der Waals surface area contributed by atoms with Gasteiger partial charge >= 0.3 is 10.1 Å². The van der Waals surface area contributed by atoms with E-state index in [0.717, 1.165) is 0 Å². The van der Waals surface area contributed by atoms with Gasteiger partial charge in [0.2, 0.25) is 0 Å². The molecule has 1 aliphatic heterocycles. The zero-order valence-corrected chi connectivity index (χ0v) is 7.73. The summed E-state index contributed by atoms with van der Waals surface area (Å²) in [4.78, 5) is 0. The second kappa shape index (κ2) is 4.08. The molecule has 0 aromatic rings. The lowest BCUT2D eigenvalue weighted by Crippen LogP contribution is -2.20. The van der Waals surface area contributed by atoms with Crippen LogP contribution in [0.2, 0.25) is 0 Å². The molecule has 0 amide bonds. The molecule has 0 saturated carbocycles. The maximum Gasteiger partial charge on any atom is 0.324 e. The molecule has 0 unspecified atom stereocenters. The number of nitrogens with zero attached hydrogens (tertiary/aromatic N) is 1. The summed E-state index contributed by atoms with van der Waals surface area (Å²) < 4.78 is 31.2. The molecule has 0 aliphatic carbocycles. The molecule has 1 saturated heterocycles. The summed E-state index contributed by atoms with van der Waals surface area (Å²) >= 11 is 0.616. The van der Waals surface area contributed by atoms with Crippen molar-refractivity contribution in [3.63, 3.8) is 0 Å². The number of nitrogens with two attached hydrogens (primary N) is 1. The van der Waals surface area contributed by atoms with Crippen LogP contribution in [0.3, 0.4) is 0 Å². The van der Waals surface area contributed by atoms with Crippen LogP contribution < -0.4 is 5.84 Å². The molecule has 70 valence electrons. The van der Waals surface area contributed by atoms with Gasteiger partial charge in [-0.15, -0.1) is 0 Å².